The summed E-state index contributed by atoms with van der Waals surface area (Å²) in [6, 6.07) is 13.4. The molecule has 1 aliphatic heterocycles. The SMILES string of the molecule is CC1c2cc(NC(=O)c3ccc(C=NN4CCSCC4)cc3)ccc2CCC1CC(=O)O. The number of fused-ring (bicyclic) bond motifs is 1. The lowest BCUT2D eigenvalue weighted by Crippen LogP contribution is -2.27. The Morgan fingerprint density at radius 3 is 2.66 bits per heavy atom. The maximum Gasteiger partial charge on any atom is 0.303 e. The highest BCUT2D eigenvalue weighted by atomic mass is 32.2. The van der Waals surface area contributed by atoms with Gasteiger partial charge in [-0.15, -0.1) is 0 Å². The smallest absolute Gasteiger partial charge is 0.303 e. The lowest BCUT2D eigenvalue weighted by molar-refractivity contribution is -0.138. The Labute approximate surface area is 193 Å². The van der Waals surface area contributed by atoms with E-state index in [0.717, 1.165) is 54.3 Å². The van der Waals surface area contributed by atoms with Crippen LogP contribution >= 0.6 is 11.8 Å². The Hall–Kier alpha value is -2.80. The number of amides is 1. The molecule has 6 nitrogen and oxygen atoms in total. The van der Waals surface area contributed by atoms with Crippen molar-refractivity contribution in [3.63, 3.8) is 0 Å². The minimum absolute atomic E-state index is 0.129. The summed E-state index contributed by atoms with van der Waals surface area (Å²) in [5.41, 5.74) is 4.68. The number of nitrogens with one attached hydrogen (secondary N) is 1. The van der Waals surface area contributed by atoms with Gasteiger partial charge in [0.2, 0.25) is 0 Å². The average Bonchev–Trinajstić information content (AvgIpc) is 2.80. The van der Waals surface area contributed by atoms with Crippen molar-refractivity contribution in [1.29, 1.82) is 0 Å². The summed E-state index contributed by atoms with van der Waals surface area (Å²) in [7, 11) is 0. The van der Waals surface area contributed by atoms with E-state index in [-0.39, 0.29) is 24.2 Å². The number of aliphatic carboxylic acids is 1. The number of hydrogen-bond donors (Lipinski definition) is 2. The summed E-state index contributed by atoms with van der Waals surface area (Å²) in [5, 5.41) is 18.8. The number of rotatable bonds is 6. The predicted octanol–water partition coefficient (Wildman–Crippen LogP) is 4.46. The molecule has 168 valence electrons. The monoisotopic (exact) mass is 451 g/mol. The summed E-state index contributed by atoms with van der Waals surface area (Å²) in [4.78, 5) is 23.9. The number of aryl methyl sites for hydroxylation is 1. The third kappa shape index (κ3) is 5.51. The van der Waals surface area contributed by atoms with Gasteiger partial charge in [-0.3, -0.25) is 14.6 Å². The number of carboxylic acids is 1. The summed E-state index contributed by atoms with van der Waals surface area (Å²) in [6.07, 6.45) is 3.79. The van der Waals surface area contributed by atoms with Crippen LogP contribution in [0.3, 0.4) is 0 Å². The summed E-state index contributed by atoms with van der Waals surface area (Å²) < 4.78 is 0. The molecule has 0 saturated carbocycles. The van der Waals surface area contributed by atoms with E-state index in [9.17, 15) is 14.7 Å². The number of carbonyl (C=O) groups is 2. The van der Waals surface area contributed by atoms with Crippen LogP contribution in [-0.2, 0) is 11.2 Å². The van der Waals surface area contributed by atoms with Crippen molar-refractivity contribution in [3.8, 4) is 0 Å². The van der Waals surface area contributed by atoms with Gasteiger partial charge in [-0.25, -0.2) is 0 Å². The van der Waals surface area contributed by atoms with Gasteiger partial charge >= 0.3 is 5.97 Å². The topological polar surface area (TPSA) is 82.0 Å². The molecule has 1 aliphatic carbocycles. The van der Waals surface area contributed by atoms with Crippen LogP contribution in [0.4, 0.5) is 5.69 Å². The van der Waals surface area contributed by atoms with Gasteiger partial charge < -0.3 is 10.4 Å². The van der Waals surface area contributed by atoms with Gasteiger partial charge in [-0.05, 0) is 65.6 Å². The zero-order valence-electron chi connectivity index (χ0n) is 18.3. The normalized spacial score (nSPS) is 20.7. The molecule has 7 heteroatoms. The molecule has 1 saturated heterocycles. The predicted molar refractivity (Wildman–Crippen MR) is 130 cm³/mol. The minimum Gasteiger partial charge on any atom is -0.481 e. The highest BCUT2D eigenvalue weighted by molar-refractivity contribution is 7.99. The fourth-order valence-electron chi connectivity index (χ4n) is 4.41. The molecule has 4 rings (SSSR count). The number of nitrogens with zero attached hydrogens (tertiary/aromatic N) is 2. The Morgan fingerprint density at radius 1 is 1.19 bits per heavy atom. The van der Waals surface area contributed by atoms with Crippen molar-refractivity contribution < 1.29 is 14.7 Å². The van der Waals surface area contributed by atoms with E-state index in [0.29, 0.717) is 5.56 Å². The number of anilines is 1. The molecular formula is C25H29N3O3S. The molecule has 0 radical (unpaired) electrons. The number of carboxylic acid groups (broad SMARTS) is 1. The van der Waals surface area contributed by atoms with Gasteiger partial charge in [-0.2, -0.15) is 16.9 Å². The maximum absolute atomic E-state index is 12.8. The molecule has 0 aromatic heterocycles. The van der Waals surface area contributed by atoms with Crippen LogP contribution in [-0.4, -0.2) is 52.8 Å². The summed E-state index contributed by atoms with van der Waals surface area (Å²) >= 11 is 1.95. The lowest BCUT2D eigenvalue weighted by Gasteiger charge is -2.30. The molecule has 2 unspecified atom stereocenters. The fourth-order valence-corrected chi connectivity index (χ4v) is 5.30. The number of benzene rings is 2. The number of thioether (sulfide) groups is 1. The Morgan fingerprint density at radius 2 is 1.94 bits per heavy atom. The molecule has 1 heterocycles. The van der Waals surface area contributed by atoms with Gasteiger partial charge in [0.15, 0.2) is 0 Å². The summed E-state index contributed by atoms with van der Waals surface area (Å²) in [6.45, 7) is 4.02. The lowest BCUT2D eigenvalue weighted by atomic mass is 9.74. The van der Waals surface area contributed by atoms with Crippen molar-refractivity contribution >= 4 is 35.5 Å². The average molecular weight is 452 g/mol. The third-order valence-electron chi connectivity index (χ3n) is 6.35. The molecule has 0 bridgehead atoms. The van der Waals surface area contributed by atoms with E-state index in [2.05, 4.69) is 28.4 Å². The van der Waals surface area contributed by atoms with Crippen molar-refractivity contribution in [1.82, 2.24) is 5.01 Å². The standard InChI is InChI=1S/C25H29N3O3S/c1-17-21(14-24(29)30)7-6-19-8-9-22(15-23(17)19)27-25(31)20-4-2-18(3-5-20)16-26-28-10-12-32-13-11-28/h2-5,8-9,15-17,21H,6-7,10-14H2,1H3,(H,27,31)(H,29,30). The van der Waals surface area contributed by atoms with Crippen molar-refractivity contribution in [2.45, 2.75) is 32.1 Å². The number of hydrazone groups is 1. The first-order chi connectivity index (χ1) is 15.5. The first-order valence-electron chi connectivity index (χ1n) is 11.1. The van der Waals surface area contributed by atoms with Crippen molar-refractivity contribution in [2.24, 2.45) is 11.0 Å². The van der Waals surface area contributed by atoms with Crippen LogP contribution in [0, 0.1) is 5.92 Å². The Bertz CT molecular complexity index is 1000. The number of carbonyl (C=O) groups excluding carboxylic acids is 1. The van der Waals surface area contributed by atoms with E-state index >= 15 is 0 Å². The second-order valence-corrected chi connectivity index (χ2v) is 9.71. The first-order valence-corrected chi connectivity index (χ1v) is 12.3. The highest BCUT2D eigenvalue weighted by Crippen LogP contribution is 2.39. The van der Waals surface area contributed by atoms with Gasteiger partial charge in [0.05, 0.1) is 6.21 Å². The Balaban J connectivity index is 1.40. The summed E-state index contributed by atoms with van der Waals surface area (Å²) in [5.74, 6) is 1.59. The quantitative estimate of drug-likeness (QED) is 0.634. The zero-order chi connectivity index (χ0) is 22.5. The molecule has 1 amide bonds. The van der Waals surface area contributed by atoms with Gasteiger partial charge in [-0.1, -0.05) is 25.1 Å². The van der Waals surface area contributed by atoms with Gasteiger partial charge in [0.25, 0.3) is 5.91 Å². The van der Waals surface area contributed by atoms with Gasteiger partial charge in [0, 0.05) is 42.3 Å². The van der Waals surface area contributed by atoms with Crippen LogP contribution in [0.2, 0.25) is 0 Å². The minimum atomic E-state index is -0.752. The van der Waals surface area contributed by atoms with Crippen molar-refractivity contribution in [3.05, 3.63) is 64.7 Å². The van der Waals surface area contributed by atoms with Crippen LogP contribution in [0.1, 0.15) is 52.7 Å². The van der Waals surface area contributed by atoms with E-state index in [1.54, 1.807) is 0 Å². The molecule has 2 aromatic carbocycles. The molecule has 2 aliphatic rings. The second kappa shape index (κ2) is 10.2. The molecule has 2 N–H and O–H groups in total. The first kappa shape index (κ1) is 22.4. The Kier molecular flexibility index (Phi) is 7.15. The maximum atomic E-state index is 12.8. The molecular weight excluding hydrogens is 422 g/mol. The fraction of sp³-hybridized carbons (Fsp3) is 0.400. The van der Waals surface area contributed by atoms with Gasteiger partial charge in [0.1, 0.15) is 0 Å². The molecule has 1 fully saturated rings. The third-order valence-corrected chi connectivity index (χ3v) is 7.30. The highest BCUT2D eigenvalue weighted by Gasteiger charge is 2.28. The zero-order valence-corrected chi connectivity index (χ0v) is 19.1. The largest absolute Gasteiger partial charge is 0.481 e. The molecule has 0 spiro atoms. The van der Waals surface area contributed by atoms with E-state index < -0.39 is 5.97 Å². The van der Waals surface area contributed by atoms with Crippen LogP contribution in [0.15, 0.2) is 47.6 Å². The van der Waals surface area contributed by atoms with E-state index in [4.69, 9.17) is 0 Å². The molecule has 32 heavy (non-hydrogen) atoms. The molecule has 2 atom stereocenters. The van der Waals surface area contributed by atoms with Crippen LogP contribution in [0.5, 0.6) is 0 Å². The van der Waals surface area contributed by atoms with E-state index in [1.807, 2.05) is 54.4 Å². The second-order valence-electron chi connectivity index (χ2n) is 8.49. The van der Waals surface area contributed by atoms with Crippen LogP contribution in [0.25, 0.3) is 0 Å². The van der Waals surface area contributed by atoms with Crippen molar-refractivity contribution in [2.75, 3.05) is 29.9 Å². The number of hydrogen-bond acceptors (Lipinski definition) is 5. The molecule has 2 aromatic rings. The van der Waals surface area contributed by atoms with Crippen LogP contribution < -0.4 is 5.32 Å². The van der Waals surface area contributed by atoms with E-state index in [1.165, 1.54) is 5.56 Å².